The van der Waals surface area contributed by atoms with E-state index >= 15 is 0 Å². The highest BCUT2D eigenvalue weighted by Gasteiger charge is 2.17. The summed E-state index contributed by atoms with van der Waals surface area (Å²) in [7, 11) is -3.37. The van der Waals surface area contributed by atoms with Gasteiger partial charge in [-0.15, -0.1) is 0 Å². The summed E-state index contributed by atoms with van der Waals surface area (Å²) < 4.78 is 26.0. The van der Waals surface area contributed by atoms with E-state index < -0.39 is 15.3 Å². The number of aromatic nitrogens is 1. The maximum Gasteiger partial charge on any atom is 0.236 e. The van der Waals surface area contributed by atoms with Crippen LogP contribution in [0.2, 0.25) is 0 Å². The first-order valence-corrected chi connectivity index (χ1v) is 6.59. The van der Waals surface area contributed by atoms with Crippen molar-refractivity contribution in [1.29, 1.82) is 0 Å². The summed E-state index contributed by atoms with van der Waals surface area (Å²) in [6, 6.07) is 1.59. The molecule has 0 unspecified atom stereocenters. The van der Waals surface area contributed by atoms with E-state index in [4.69, 9.17) is 5.73 Å². The minimum absolute atomic E-state index is 0.248. The predicted molar refractivity (Wildman–Crippen MR) is 64.0 cm³/mol. The molecule has 84 valence electrons. The minimum atomic E-state index is -3.37. The summed E-state index contributed by atoms with van der Waals surface area (Å²) >= 11 is 3.18. The maximum atomic E-state index is 11.5. The zero-order valence-electron chi connectivity index (χ0n) is 8.36. The average Bonchev–Trinajstić information content (AvgIpc) is 2.09. The normalized spacial score (nSPS) is 11.7. The van der Waals surface area contributed by atoms with Crippen molar-refractivity contribution in [2.24, 2.45) is 0 Å². The number of pyridine rings is 1. The second-order valence-electron chi connectivity index (χ2n) is 3.29. The van der Waals surface area contributed by atoms with E-state index in [0.29, 0.717) is 10.2 Å². The van der Waals surface area contributed by atoms with Crippen LogP contribution in [-0.4, -0.2) is 18.7 Å². The molecule has 0 aliphatic carbocycles. The Morgan fingerprint density at radius 3 is 2.60 bits per heavy atom. The first-order valence-electron chi connectivity index (χ1n) is 4.25. The van der Waals surface area contributed by atoms with Crippen LogP contribution >= 0.6 is 15.9 Å². The van der Waals surface area contributed by atoms with E-state index in [-0.39, 0.29) is 5.82 Å². The fourth-order valence-electron chi connectivity index (χ4n) is 0.780. The summed E-state index contributed by atoms with van der Waals surface area (Å²) in [5, 5.41) is -0.510. The summed E-state index contributed by atoms with van der Waals surface area (Å²) in [4.78, 5) is 3.88. The van der Waals surface area contributed by atoms with Crippen molar-refractivity contribution < 1.29 is 8.42 Å². The van der Waals surface area contributed by atoms with Gasteiger partial charge in [-0.2, -0.15) is 0 Å². The molecule has 1 rings (SSSR count). The number of rotatable bonds is 3. The lowest BCUT2D eigenvalue weighted by Crippen LogP contribution is -2.23. The number of sulfonamides is 1. The first-order chi connectivity index (χ1) is 6.83. The molecule has 0 fully saturated rings. The minimum Gasteiger partial charge on any atom is -0.397 e. The Bertz CT molecular complexity index is 459. The first kappa shape index (κ1) is 12.3. The van der Waals surface area contributed by atoms with Gasteiger partial charge in [-0.1, -0.05) is 0 Å². The highest BCUT2D eigenvalue weighted by molar-refractivity contribution is 9.10. The molecule has 0 saturated heterocycles. The van der Waals surface area contributed by atoms with Crippen LogP contribution in [0.4, 0.5) is 11.5 Å². The van der Waals surface area contributed by atoms with Gasteiger partial charge in [-0.25, -0.2) is 13.4 Å². The molecule has 1 aromatic rings. The highest BCUT2D eigenvalue weighted by Crippen LogP contribution is 2.23. The van der Waals surface area contributed by atoms with Gasteiger partial charge >= 0.3 is 0 Å². The van der Waals surface area contributed by atoms with Crippen LogP contribution in [0.5, 0.6) is 0 Å². The number of hydrogen-bond donors (Lipinski definition) is 2. The maximum absolute atomic E-state index is 11.5. The second-order valence-corrected chi connectivity index (χ2v) is 6.39. The smallest absolute Gasteiger partial charge is 0.236 e. The van der Waals surface area contributed by atoms with Gasteiger partial charge in [-0.05, 0) is 35.8 Å². The van der Waals surface area contributed by atoms with E-state index in [9.17, 15) is 8.42 Å². The average molecular weight is 294 g/mol. The van der Waals surface area contributed by atoms with E-state index in [1.54, 1.807) is 19.9 Å². The predicted octanol–water partition coefficient (Wildman–Crippen LogP) is 1.58. The molecular weight excluding hydrogens is 282 g/mol. The van der Waals surface area contributed by atoms with Crippen LogP contribution in [0.25, 0.3) is 0 Å². The Morgan fingerprint density at radius 1 is 1.53 bits per heavy atom. The molecule has 0 amide bonds. The van der Waals surface area contributed by atoms with Gasteiger partial charge in [0.1, 0.15) is 0 Å². The summed E-state index contributed by atoms with van der Waals surface area (Å²) in [5.41, 5.74) is 5.95. The molecule has 1 heterocycles. The number of nitrogen functional groups attached to an aromatic ring is 1. The lowest BCUT2D eigenvalue weighted by molar-refractivity contribution is 0.592. The van der Waals surface area contributed by atoms with Crippen molar-refractivity contribution in [3.63, 3.8) is 0 Å². The number of hydrogen-bond acceptors (Lipinski definition) is 4. The zero-order valence-corrected chi connectivity index (χ0v) is 10.8. The monoisotopic (exact) mass is 293 g/mol. The van der Waals surface area contributed by atoms with E-state index in [2.05, 4.69) is 25.6 Å². The fourth-order valence-corrected chi connectivity index (χ4v) is 2.05. The van der Waals surface area contributed by atoms with Gasteiger partial charge < -0.3 is 5.73 Å². The van der Waals surface area contributed by atoms with Gasteiger partial charge in [0.05, 0.1) is 21.6 Å². The quantitative estimate of drug-likeness (QED) is 0.886. The molecule has 5 nitrogen and oxygen atoms in total. The third kappa shape index (κ3) is 3.07. The van der Waals surface area contributed by atoms with Crippen LogP contribution < -0.4 is 10.5 Å². The topological polar surface area (TPSA) is 85.1 Å². The molecule has 1 aromatic heterocycles. The molecule has 0 aliphatic heterocycles. The van der Waals surface area contributed by atoms with Crippen molar-refractivity contribution in [1.82, 2.24) is 4.98 Å². The molecular formula is C8H12BrN3O2S. The Kier molecular flexibility index (Phi) is 3.56. The standard InChI is InChI=1S/C8H12BrN3O2S/c1-5(2)15(13,14)12-8-7(9)3-6(10)4-11-8/h3-5H,10H2,1-2H3,(H,11,12). The van der Waals surface area contributed by atoms with Crippen molar-refractivity contribution >= 4 is 37.5 Å². The van der Waals surface area contributed by atoms with Crippen molar-refractivity contribution in [3.05, 3.63) is 16.7 Å². The molecule has 3 N–H and O–H groups in total. The Balaban J connectivity index is 3.01. The Labute approximate surface area is 97.3 Å². The molecule has 0 aliphatic rings. The molecule has 0 bridgehead atoms. The molecule has 7 heteroatoms. The van der Waals surface area contributed by atoms with Crippen molar-refractivity contribution in [2.45, 2.75) is 19.1 Å². The van der Waals surface area contributed by atoms with Gasteiger partial charge in [0.25, 0.3) is 0 Å². The molecule has 15 heavy (non-hydrogen) atoms. The third-order valence-corrected chi connectivity index (χ3v) is 4.05. The van der Waals surface area contributed by atoms with Crippen LogP contribution in [0.1, 0.15) is 13.8 Å². The fraction of sp³-hybridized carbons (Fsp3) is 0.375. The molecule has 0 radical (unpaired) electrons. The Hall–Kier alpha value is -0.820. The Morgan fingerprint density at radius 2 is 2.13 bits per heavy atom. The van der Waals surface area contributed by atoms with Gasteiger partial charge in [-0.3, -0.25) is 4.72 Å². The van der Waals surface area contributed by atoms with Crippen molar-refractivity contribution in [3.8, 4) is 0 Å². The molecule has 0 saturated carbocycles. The van der Waals surface area contributed by atoms with Gasteiger partial charge in [0.15, 0.2) is 5.82 Å². The number of nitrogens with zero attached hydrogens (tertiary/aromatic N) is 1. The van der Waals surface area contributed by atoms with E-state index in [1.807, 2.05) is 0 Å². The lowest BCUT2D eigenvalue weighted by atomic mass is 10.4. The number of nitrogens with two attached hydrogens (primary N) is 1. The SMILES string of the molecule is CC(C)S(=O)(=O)Nc1ncc(N)cc1Br. The van der Waals surface area contributed by atoms with Crippen LogP contribution in [0.15, 0.2) is 16.7 Å². The van der Waals surface area contributed by atoms with Crippen LogP contribution in [0, 0.1) is 0 Å². The summed E-state index contributed by atoms with van der Waals surface area (Å²) in [5.74, 6) is 0.248. The number of nitrogens with one attached hydrogen (secondary N) is 1. The van der Waals surface area contributed by atoms with Gasteiger partial charge in [0.2, 0.25) is 10.0 Å². The highest BCUT2D eigenvalue weighted by atomic mass is 79.9. The van der Waals surface area contributed by atoms with Crippen LogP contribution in [-0.2, 0) is 10.0 Å². The van der Waals surface area contributed by atoms with Gasteiger partial charge in [0, 0.05) is 0 Å². The molecule has 0 spiro atoms. The second kappa shape index (κ2) is 4.36. The number of halogens is 1. The molecule has 0 atom stereocenters. The summed E-state index contributed by atoms with van der Waals surface area (Å²) in [6.45, 7) is 3.18. The zero-order chi connectivity index (χ0) is 11.6. The third-order valence-electron chi connectivity index (χ3n) is 1.72. The largest absolute Gasteiger partial charge is 0.397 e. The summed E-state index contributed by atoms with van der Waals surface area (Å²) in [6.07, 6.45) is 1.39. The van der Waals surface area contributed by atoms with Crippen molar-refractivity contribution in [2.75, 3.05) is 10.5 Å². The van der Waals surface area contributed by atoms with E-state index in [1.165, 1.54) is 6.20 Å². The van der Waals surface area contributed by atoms with Crippen LogP contribution in [0.3, 0.4) is 0 Å². The lowest BCUT2D eigenvalue weighted by Gasteiger charge is -2.11. The molecule has 0 aromatic carbocycles. The van der Waals surface area contributed by atoms with E-state index in [0.717, 1.165) is 0 Å². The number of anilines is 2.